The van der Waals surface area contributed by atoms with Gasteiger partial charge in [-0.25, -0.2) is 4.79 Å². The van der Waals surface area contributed by atoms with Gasteiger partial charge in [0, 0.05) is 5.69 Å². The van der Waals surface area contributed by atoms with Gasteiger partial charge in [-0.05, 0) is 49.4 Å². The van der Waals surface area contributed by atoms with Gasteiger partial charge in [-0.15, -0.1) is 0 Å². The standard InChI is InChI=1S/C15H19N3O2/c16-8-11-3-1-6-14(7-11)18-15(19)20-10-13-5-2-4-12(13)9-17/h1,3,6-7,12-13H,2,4-5,9-10,17H2,(H,18,19). The smallest absolute Gasteiger partial charge is 0.411 e. The maximum Gasteiger partial charge on any atom is 0.411 e. The van der Waals surface area contributed by atoms with E-state index in [4.69, 9.17) is 15.7 Å². The van der Waals surface area contributed by atoms with Gasteiger partial charge >= 0.3 is 6.09 Å². The van der Waals surface area contributed by atoms with Crippen LogP contribution in [0.3, 0.4) is 0 Å². The molecule has 5 nitrogen and oxygen atoms in total. The highest BCUT2D eigenvalue weighted by molar-refractivity contribution is 5.84. The molecule has 2 unspecified atom stereocenters. The van der Waals surface area contributed by atoms with Crippen LogP contribution < -0.4 is 11.1 Å². The molecule has 2 rings (SSSR count). The third kappa shape index (κ3) is 3.72. The molecule has 106 valence electrons. The zero-order chi connectivity index (χ0) is 14.4. The molecule has 1 aliphatic rings. The van der Waals surface area contributed by atoms with Crippen LogP contribution >= 0.6 is 0 Å². The quantitative estimate of drug-likeness (QED) is 0.882. The van der Waals surface area contributed by atoms with Gasteiger partial charge in [-0.3, -0.25) is 5.32 Å². The van der Waals surface area contributed by atoms with Gasteiger partial charge in [0.25, 0.3) is 0 Å². The maximum atomic E-state index is 11.7. The largest absolute Gasteiger partial charge is 0.449 e. The van der Waals surface area contributed by atoms with Gasteiger partial charge in [0.1, 0.15) is 0 Å². The van der Waals surface area contributed by atoms with Crippen molar-refractivity contribution >= 4 is 11.8 Å². The second-order valence-corrected chi connectivity index (χ2v) is 5.10. The maximum absolute atomic E-state index is 11.7. The summed E-state index contributed by atoms with van der Waals surface area (Å²) in [4.78, 5) is 11.7. The zero-order valence-electron chi connectivity index (χ0n) is 11.3. The van der Waals surface area contributed by atoms with Crippen molar-refractivity contribution in [2.24, 2.45) is 17.6 Å². The number of anilines is 1. The molecular formula is C15H19N3O2. The fourth-order valence-electron chi connectivity index (χ4n) is 2.65. The number of amides is 1. The number of nitrogens with one attached hydrogen (secondary N) is 1. The molecule has 3 N–H and O–H groups in total. The lowest BCUT2D eigenvalue weighted by atomic mass is 9.97. The monoisotopic (exact) mass is 273 g/mol. The molecule has 0 bridgehead atoms. The van der Waals surface area contributed by atoms with E-state index in [1.807, 2.05) is 6.07 Å². The van der Waals surface area contributed by atoms with Crippen molar-refractivity contribution < 1.29 is 9.53 Å². The van der Waals surface area contributed by atoms with Gasteiger partial charge in [-0.2, -0.15) is 5.26 Å². The van der Waals surface area contributed by atoms with Crippen LogP contribution in [0.4, 0.5) is 10.5 Å². The third-order valence-electron chi connectivity index (χ3n) is 3.79. The lowest BCUT2D eigenvalue weighted by Gasteiger charge is -2.17. The normalized spacial score (nSPS) is 21.2. The zero-order valence-corrected chi connectivity index (χ0v) is 11.3. The summed E-state index contributed by atoms with van der Waals surface area (Å²) in [5.41, 5.74) is 6.77. The molecule has 2 atom stereocenters. The van der Waals surface area contributed by atoms with Crippen LogP contribution in [-0.4, -0.2) is 19.2 Å². The lowest BCUT2D eigenvalue weighted by Crippen LogP contribution is -2.25. The summed E-state index contributed by atoms with van der Waals surface area (Å²) in [5, 5.41) is 11.4. The predicted octanol–water partition coefficient (Wildman–Crippen LogP) is 2.48. The average molecular weight is 273 g/mol. The summed E-state index contributed by atoms with van der Waals surface area (Å²) >= 11 is 0. The van der Waals surface area contributed by atoms with Crippen LogP contribution in [0.25, 0.3) is 0 Å². The topological polar surface area (TPSA) is 88.1 Å². The Morgan fingerprint density at radius 1 is 1.45 bits per heavy atom. The van der Waals surface area contributed by atoms with Gasteiger partial charge in [0.15, 0.2) is 0 Å². The number of rotatable bonds is 4. The van der Waals surface area contributed by atoms with E-state index in [1.165, 1.54) is 0 Å². The Labute approximate surface area is 118 Å². The molecule has 20 heavy (non-hydrogen) atoms. The van der Waals surface area contributed by atoms with Crippen LogP contribution in [0.2, 0.25) is 0 Å². The molecule has 0 spiro atoms. The Morgan fingerprint density at radius 2 is 2.25 bits per heavy atom. The number of hydrogen-bond donors (Lipinski definition) is 2. The van der Waals surface area contributed by atoms with Crippen LogP contribution in [-0.2, 0) is 4.74 Å². The van der Waals surface area contributed by atoms with E-state index in [1.54, 1.807) is 24.3 Å². The molecule has 0 aromatic heterocycles. The average Bonchev–Trinajstić information content (AvgIpc) is 2.93. The van der Waals surface area contributed by atoms with E-state index in [9.17, 15) is 4.79 Å². The molecule has 1 amide bonds. The Balaban J connectivity index is 1.82. The molecule has 0 radical (unpaired) electrons. The summed E-state index contributed by atoms with van der Waals surface area (Å²) in [7, 11) is 0. The highest BCUT2D eigenvalue weighted by atomic mass is 16.5. The van der Waals surface area contributed by atoms with Gasteiger partial charge in [-0.1, -0.05) is 12.5 Å². The van der Waals surface area contributed by atoms with E-state index >= 15 is 0 Å². The molecule has 5 heteroatoms. The summed E-state index contributed by atoms with van der Waals surface area (Å²) < 4.78 is 5.25. The molecule has 1 aromatic rings. The van der Waals surface area contributed by atoms with E-state index in [2.05, 4.69) is 5.32 Å². The Bertz CT molecular complexity index is 510. The lowest BCUT2D eigenvalue weighted by molar-refractivity contribution is 0.130. The van der Waals surface area contributed by atoms with E-state index in [0.717, 1.165) is 19.3 Å². The van der Waals surface area contributed by atoms with Crippen molar-refractivity contribution in [3.8, 4) is 6.07 Å². The minimum atomic E-state index is -0.484. The second kappa shape index (κ2) is 6.92. The van der Waals surface area contributed by atoms with Crippen LogP contribution in [0, 0.1) is 23.2 Å². The third-order valence-corrected chi connectivity index (χ3v) is 3.79. The number of nitrogens with two attached hydrogens (primary N) is 1. The number of nitrogens with zero attached hydrogens (tertiary/aromatic N) is 1. The Kier molecular flexibility index (Phi) is 4.97. The van der Waals surface area contributed by atoms with Gasteiger partial charge in [0.05, 0.1) is 18.2 Å². The minimum absolute atomic E-state index is 0.371. The van der Waals surface area contributed by atoms with E-state index in [-0.39, 0.29) is 0 Å². The first-order valence-corrected chi connectivity index (χ1v) is 6.87. The highest BCUT2D eigenvalue weighted by Gasteiger charge is 2.27. The van der Waals surface area contributed by atoms with Crippen LogP contribution in [0.5, 0.6) is 0 Å². The summed E-state index contributed by atoms with van der Waals surface area (Å²) in [6, 6.07) is 8.76. The second-order valence-electron chi connectivity index (χ2n) is 5.10. The van der Waals surface area contributed by atoms with E-state index < -0.39 is 6.09 Å². The molecule has 1 saturated carbocycles. The van der Waals surface area contributed by atoms with Crippen molar-refractivity contribution in [1.29, 1.82) is 5.26 Å². The molecule has 0 heterocycles. The first kappa shape index (κ1) is 14.4. The van der Waals surface area contributed by atoms with Gasteiger partial charge in [0.2, 0.25) is 0 Å². The number of carbonyl (C=O) groups excluding carboxylic acids is 1. The number of nitriles is 1. The molecule has 0 saturated heterocycles. The summed E-state index contributed by atoms with van der Waals surface area (Å²) in [6.45, 7) is 1.06. The molecule has 1 fully saturated rings. The van der Waals surface area contributed by atoms with E-state index in [0.29, 0.717) is 36.2 Å². The molecule has 1 aliphatic carbocycles. The fraction of sp³-hybridized carbons (Fsp3) is 0.467. The highest BCUT2D eigenvalue weighted by Crippen LogP contribution is 2.31. The fourth-order valence-corrected chi connectivity index (χ4v) is 2.65. The van der Waals surface area contributed by atoms with Crippen molar-refractivity contribution in [3.05, 3.63) is 29.8 Å². The first-order chi connectivity index (χ1) is 9.72. The molecular weight excluding hydrogens is 254 g/mol. The Morgan fingerprint density at radius 3 is 3.00 bits per heavy atom. The SMILES string of the molecule is N#Cc1cccc(NC(=O)OCC2CCCC2CN)c1. The molecule has 0 aliphatic heterocycles. The van der Waals surface area contributed by atoms with Gasteiger partial charge < -0.3 is 10.5 Å². The summed E-state index contributed by atoms with van der Waals surface area (Å²) in [6.07, 6.45) is 2.86. The molecule has 1 aromatic carbocycles. The number of hydrogen-bond acceptors (Lipinski definition) is 4. The predicted molar refractivity (Wildman–Crippen MR) is 76.0 cm³/mol. The van der Waals surface area contributed by atoms with Crippen molar-refractivity contribution in [2.75, 3.05) is 18.5 Å². The number of ether oxygens (including phenoxy) is 1. The van der Waals surface area contributed by atoms with Crippen molar-refractivity contribution in [2.45, 2.75) is 19.3 Å². The van der Waals surface area contributed by atoms with Crippen molar-refractivity contribution in [1.82, 2.24) is 0 Å². The number of carbonyl (C=O) groups is 1. The first-order valence-electron chi connectivity index (χ1n) is 6.87. The van der Waals surface area contributed by atoms with Crippen molar-refractivity contribution in [3.63, 3.8) is 0 Å². The number of benzene rings is 1. The van der Waals surface area contributed by atoms with Crippen LogP contribution in [0.15, 0.2) is 24.3 Å². The van der Waals surface area contributed by atoms with Crippen LogP contribution in [0.1, 0.15) is 24.8 Å². The Hall–Kier alpha value is -2.06. The minimum Gasteiger partial charge on any atom is -0.449 e. The summed E-state index contributed by atoms with van der Waals surface area (Å²) in [5.74, 6) is 0.834.